The number of anilines is 3. The van der Waals surface area contributed by atoms with Gasteiger partial charge >= 0.3 is 6.18 Å². The molecule has 2 aromatic heterocycles. The van der Waals surface area contributed by atoms with E-state index in [0.717, 1.165) is 0 Å². The molecule has 3 aromatic rings. The maximum atomic E-state index is 12.9. The van der Waals surface area contributed by atoms with Crippen molar-refractivity contribution < 1.29 is 18.0 Å². The summed E-state index contributed by atoms with van der Waals surface area (Å²) < 4.78 is 39.4. The minimum Gasteiger partial charge on any atom is -0.339 e. The maximum absolute atomic E-state index is 12.9. The Morgan fingerprint density at radius 2 is 1.74 bits per heavy atom. The third kappa shape index (κ3) is 4.52. The van der Waals surface area contributed by atoms with Crippen LogP contribution in [0.3, 0.4) is 0 Å². The van der Waals surface area contributed by atoms with E-state index in [1.807, 2.05) is 13.8 Å². The monoisotopic (exact) mass is 378 g/mol. The summed E-state index contributed by atoms with van der Waals surface area (Å²) in [5.74, 6) is -0.815. The van der Waals surface area contributed by atoms with Gasteiger partial charge in [0.25, 0.3) is 5.82 Å². The predicted octanol–water partition coefficient (Wildman–Crippen LogP) is 3.87. The second-order valence-electron chi connectivity index (χ2n) is 6.36. The quantitative estimate of drug-likeness (QED) is 0.704. The number of halogens is 3. The molecule has 0 spiro atoms. The highest BCUT2D eigenvalue weighted by Crippen LogP contribution is 2.28. The zero-order chi connectivity index (χ0) is 19.6. The minimum absolute atomic E-state index is 0.00362. The van der Waals surface area contributed by atoms with Crippen molar-refractivity contribution in [1.82, 2.24) is 19.8 Å². The van der Waals surface area contributed by atoms with Gasteiger partial charge in [-0.25, -0.2) is 0 Å². The molecule has 0 aliphatic rings. The Kier molecular flexibility index (Phi) is 4.98. The molecule has 2 heterocycles. The van der Waals surface area contributed by atoms with E-state index < -0.39 is 12.0 Å². The van der Waals surface area contributed by atoms with E-state index in [4.69, 9.17) is 0 Å². The van der Waals surface area contributed by atoms with Crippen LogP contribution >= 0.6 is 0 Å². The van der Waals surface area contributed by atoms with Crippen molar-refractivity contribution in [1.29, 1.82) is 0 Å². The van der Waals surface area contributed by atoms with Crippen molar-refractivity contribution >= 4 is 28.7 Å². The molecule has 0 saturated carbocycles. The number of carbonyl (C=O) groups is 1. The number of amides is 1. The number of hydrogen-bond donors (Lipinski definition) is 2. The van der Waals surface area contributed by atoms with E-state index >= 15 is 0 Å². The van der Waals surface area contributed by atoms with Crippen LogP contribution in [0.15, 0.2) is 36.4 Å². The first kappa shape index (κ1) is 18.6. The SMILES string of the molecule is CC(C)CC(=O)Nc1ccc(Nc2ccc3nnc(C(F)(F)F)n3n2)cc1. The molecule has 0 unspecified atom stereocenters. The topological polar surface area (TPSA) is 84.2 Å². The second-order valence-corrected chi connectivity index (χ2v) is 6.36. The third-order valence-corrected chi connectivity index (χ3v) is 3.55. The average Bonchev–Trinajstić information content (AvgIpc) is 2.99. The Morgan fingerprint density at radius 3 is 2.37 bits per heavy atom. The number of fused-ring (bicyclic) bond motifs is 1. The Bertz CT molecular complexity index is 949. The molecule has 0 aliphatic heterocycles. The molecule has 1 aromatic carbocycles. The first-order valence-electron chi connectivity index (χ1n) is 8.19. The van der Waals surface area contributed by atoms with Crippen LogP contribution in [0.25, 0.3) is 5.65 Å². The van der Waals surface area contributed by atoms with Gasteiger partial charge in [0.15, 0.2) is 11.5 Å². The number of nitrogens with zero attached hydrogens (tertiary/aromatic N) is 4. The van der Waals surface area contributed by atoms with E-state index in [2.05, 4.69) is 25.9 Å². The lowest BCUT2D eigenvalue weighted by Crippen LogP contribution is -2.13. The highest BCUT2D eigenvalue weighted by atomic mass is 19.4. The molecule has 142 valence electrons. The largest absolute Gasteiger partial charge is 0.453 e. The summed E-state index contributed by atoms with van der Waals surface area (Å²) in [6.07, 6.45) is -4.23. The molecule has 0 fully saturated rings. The molecule has 3 rings (SSSR count). The molecular formula is C17H17F3N6O. The number of aromatic nitrogens is 4. The van der Waals surface area contributed by atoms with Crippen LogP contribution in [0.5, 0.6) is 0 Å². The summed E-state index contributed by atoms with van der Waals surface area (Å²) in [7, 11) is 0. The first-order valence-corrected chi connectivity index (χ1v) is 8.19. The zero-order valence-corrected chi connectivity index (χ0v) is 14.6. The van der Waals surface area contributed by atoms with Gasteiger partial charge < -0.3 is 10.6 Å². The number of alkyl halides is 3. The van der Waals surface area contributed by atoms with Gasteiger partial charge in [-0.2, -0.15) is 17.7 Å². The van der Waals surface area contributed by atoms with Gasteiger partial charge in [0.2, 0.25) is 5.91 Å². The van der Waals surface area contributed by atoms with E-state index in [1.54, 1.807) is 24.3 Å². The fourth-order valence-corrected chi connectivity index (χ4v) is 2.40. The van der Waals surface area contributed by atoms with E-state index in [0.29, 0.717) is 22.3 Å². The molecular weight excluding hydrogens is 361 g/mol. The summed E-state index contributed by atoms with van der Waals surface area (Å²) in [5, 5.41) is 16.2. The number of carbonyl (C=O) groups excluding carboxylic acids is 1. The average molecular weight is 378 g/mol. The molecule has 7 nitrogen and oxygen atoms in total. The van der Waals surface area contributed by atoms with Crippen LogP contribution in [0.2, 0.25) is 0 Å². The third-order valence-electron chi connectivity index (χ3n) is 3.55. The summed E-state index contributed by atoms with van der Waals surface area (Å²) in [6.45, 7) is 3.91. The Labute approximate surface area is 152 Å². The number of rotatable bonds is 5. The van der Waals surface area contributed by atoms with Gasteiger partial charge in [0.05, 0.1) is 0 Å². The summed E-state index contributed by atoms with van der Waals surface area (Å²) in [6, 6.07) is 9.65. The Hall–Kier alpha value is -3.17. The lowest BCUT2D eigenvalue weighted by molar-refractivity contribution is -0.146. The van der Waals surface area contributed by atoms with Crippen molar-refractivity contribution in [3.05, 3.63) is 42.2 Å². The second kappa shape index (κ2) is 7.22. The fourth-order valence-electron chi connectivity index (χ4n) is 2.40. The van der Waals surface area contributed by atoms with Gasteiger partial charge in [-0.3, -0.25) is 4.79 Å². The molecule has 0 atom stereocenters. The smallest absolute Gasteiger partial charge is 0.339 e. The van der Waals surface area contributed by atoms with Gasteiger partial charge in [-0.1, -0.05) is 13.8 Å². The van der Waals surface area contributed by atoms with Gasteiger partial charge in [-0.05, 0) is 42.3 Å². The van der Waals surface area contributed by atoms with Crippen molar-refractivity contribution in [2.75, 3.05) is 10.6 Å². The first-order chi connectivity index (χ1) is 12.7. The summed E-state index contributed by atoms with van der Waals surface area (Å²) in [5.41, 5.74) is 1.23. The number of benzene rings is 1. The van der Waals surface area contributed by atoms with E-state index in [-0.39, 0.29) is 23.3 Å². The molecule has 2 N–H and O–H groups in total. The van der Waals surface area contributed by atoms with Crippen LogP contribution in [0, 0.1) is 5.92 Å². The molecule has 27 heavy (non-hydrogen) atoms. The molecule has 0 aliphatic carbocycles. The van der Waals surface area contributed by atoms with Gasteiger partial charge in [0, 0.05) is 17.8 Å². The molecule has 10 heteroatoms. The Morgan fingerprint density at radius 1 is 1.07 bits per heavy atom. The standard InChI is InChI=1S/C17H17F3N6O/c1-10(2)9-15(27)22-12-5-3-11(4-6-12)21-13-7-8-14-23-24-16(17(18,19)20)26(14)25-13/h3-8,10H,9H2,1-2H3,(H,21,25)(H,22,27). The fraction of sp³-hybridized carbons (Fsp3) is 0.294. The van der Waals surface area contributed by atoms with Crippen LogP contribution in [-0.2, 0) is 11.0 Å². The molecule has 0 radical (unpaired) electrons. The zero-order valence-electron chi connectivity index (χ0n) is 14.6. The number of hydrogen-bond acceptors (Lipinski definition) is 5. The van der Waals surface area contributed by atoms with Crippen molar-refractivity contribution in [3.8, 4) is 0 Å². The maximum Gasteiger partial charge on any atom is 0.453 e. The van der Waals surface area contributed by atoms with Gasteiger partial charge in [-0.15, -0.1) is 15.3 Å². The van der Waals surface area contributed by atoms with Crippen molar-refractivity contribution in [2.24, 2.45) is 5.92 Å². The highest BCUT2D eigenvalue weighted by molar-refractivity contribution is 5.91. The normalized spacial score (nSPS) is 11.8. The van der Waals surface area contributed by atoms with E-state index in [1.165, 1.54) is 12.1 Å². The van der Waals surface area contributed by atoms with Crippen molar-refractivity contribution in [2.45, 2.75) is 26.4 Å². The van der Waals surface area contributed by atoms with Crippen LogP contribution in [0.4, 0.5) is 30.4 Å². The minimum atomic E-state index is -4.65. The van der Waals surface area contributed by atoms with Crippen LogP contribution in [-0.4, -0.2) is 25.7 Å². The van der Waals surface area contributed by atoms with Crippen LogP contribution in [0.1, 0.15) is 26.1 Å². The molecule has 0 bridgehead atoms. The molecule has 1 amide bonds. The lowest BCUT2D eigenvalue weighted by atomic mass is 10.1. The van der Waals surface area contributed by atoms with Crippen molar-refractivity contribution in [3.63, 3.8) is 0 Å². The predicted molar refractivity (Wildman–Crippen MR) is 93.6 cm³/mol. The number of nitrogens with one attached hydrogen (secondary N) is 2. The van der Waals surface area contributed by atoms with E-state index in [9.17, 15) is 18.0 Å². The summed E-state index contributed by atoms with van der Waals surface area (Å²) in [4.78, 5) is 11.8. The van der Waals surface area contributed by atoms with Crippen LogP contribution < -0.4 is 10.6 Å². The summed E-state index contributed by atoms with van der Waals surface area (Å²) >= 11 is 0. The molecule has 0 saturated heterocycles. The van der Waals surface area contributed by atoms with Gasteiger partial charge in [0.1, 0.15) is 0 Å². The highest BCUT2D eigenvalue weighted by Gasteiger charge is 2.37. The lowest BCUT2D eigenvalue weighted by Gasteiger charge is -2.10. The Balaban J connectivity index is 1.74.